The van der Waals surface area contributed by atoms with Gasteiger partial charge in [0.15, 0.2) is 0 Å². The number of amides is 4. The van der Waals surface area contributed by atoms with Crippen LogP contribution in [-0.2, 0) is 20.7 Å². The van der Waals surface area contributed by atoms with Crippen molar-refractivity contribution >= 4 is 29.6 Å². The summed E-state index contributed by atoms with van der Waals surface area (Å²) in [6, 6.07) is 7.29. The highest BCUT2D eigenvalue weighted by molar-refractivity contribution is 6.09. The predicted molar refractivity (Wildman–Crippen MR) is 165 cm³/mol. The summed E-state index contributed by atoms with van der Waals surface area (Å²) in [6.45, 7) is 9.83. The van der Waals surface area contributed by atoms with Gasteiger partial charge < -0.3 is 25.0 Å². The zero-order valence-electron chi connectivity index (χ0n) is 27.2. The van der Waals surface area contributed by atoms with Crippen LogP contribution in [0.4, 0.5) is 36.8 Å². The lowest BCUT2D eigenvalue weighted by molar-refractivity contribution is -0.376. The Kier molecular flexibility index (Phi) is 9.88. The van der Waals surface area contributed by atoms with E-state index in [-0.39, 0.29) is 24.8 Å². The van der Waals surface area contributed by atoms with Gasteiger partial charge in [0.1, 0.15) is 17.8 Å². The lowest BCUT2D eigenvalue weighted by Crippen LogP contribution is -2.60. The summed E-state index contributed by atoms with van der Waals surface area (Å²) in [5, 5.41) is 12.6. The van der Waals surface area contributed by atoms with Crippen molar-refractivity contribution in [1.29, 1.82) is 0 Å². The van der Waals surface area contributed by atoms with Crippen LogP contribution in [0.5, 0.6) is 5.75 Å². The average molecular weight is 685 g/mol. The van der Waals surface area contributed by atoms with E-state index in [1.807, 2.05) is 13.8 Å². The maximum absolute atomic E-state index is 13.6. The monoisotopic (exact) mass is 684 g/mol. The van der Waals surface area contributed by atoms with Crippen LogP contribution < -0.4 is 15.0 Å². The number of halogens is 6. The van der Waals surface area contributed by atoms with E-state index in [4.69, 9.17) is 4.74 Å². The number of urea groups is 1. The molecule has 262 valence electrons. The van der Waals surface area contributed by atoms with Crippen LogP contribution >= 0.6 is 0 Å². The lowest BCUT2D eigenvalue weighted by atomic mass is 9.89. The number of ether oxygens (including phenoxy) is 1. The van der Waals surface area contributed by atoms with Crippen LogP contribution in [0.15, 0.2) is 48.5 Å². The van der Waals surface area contributed by atoms with Crippen molar-refractivity contribution in [3.8, 4) is 5.75 Å². The number of nitrogens with zero attached hydrogens (tertiary/aromatic N) is 3. The van der Waals surface area contributed by atoms with E-state index in [9.17, 15) is 45.8 Å². The summed E-state index contributed by atoms with van der Waals surface area (Å²) in [7, 11) is 0. The smallest absolute Gasteiger partial charge is 0.430 e. The molecule has 2 heterocycles. The number of carbonyl (C=O) groups excluding carboxylic acids is 3. The minimum Gasteiger partial charge on any atom is -0.491 e. The Bertz CT molecular complexity index is 1580. The van der Waals surface area contributed by atoms with E-state index in [0.717, 1.165) is 11.0 Å². The molecule has 2 fully saturated rings. The first-order valence-corrected chi connectivity index (χ1v) is 15.3. The standard InChI is InChI=1S/C33H38F6N4O5/c1-7-9-22-14-24(31(47,32(34,35)36)33(37,38)39)12-13-26(22)41-16-21(5)42(17-20(41)4)27(44)18-43-28(45)30(6,40-29(43)46)23-10-8-11-25(15-23)48-19(2)3/h7-15,19-21,47H,16-18H2,1-6H3,(H,40,46)/b9-7-/t20?,21?,30-/m1/s1. The molecule has 3 atom stereocenters. The molecule has 0 aliphatic carbocycles. The second-order valence-corrected chi connectivity index (χ2v) is 12.5. The number of aliphatic hydroxyl groups is 1. The largest absolute Gasteiger partial charge is 0.491 e. The summed E-state index contributed by atoms with van der Waals surface area (Å²) >= 11 is 0. The summed E-state index contributed by atoms with van der Waals surface area (Å²) in [6.07, 6.45) is -9.43. The van der Waals surface area contributed by atoms with E-state index in [0.29, 0.717) is 29.1 Å². The molecule has 0 bridgehead atoms. The molecule has 2 unspecified atom stereocenters. The van der Waals surface area contributed by atoms with Crippen LogP contribution in [0, 0.1) is 0 Å². The number of hydrogen-bond acceptors (Lipinski definition) is 6. The molecule has 2 aromatic rings. The first kappa shape index (κ1) is 36.6. The number of alkyl halides is 6. The minimum atomic E-state index is -6.04. The molecule has 4 amide bonds. The van der Waals surface area contributed by atoms with Crippen LogP contribution in [0.2, 0.25) is 0 Å². The van der Waals surface area contributed by atoms with E-state index >= 15 is 0 Å². The fourth-order valence-electron chi connectivity index (χ4n) is 6.07. The van der Waals surface area contributed by atoms with Gasteiger partial charge in [0.2, 0.25) is 5.91 Å². The van der Waals surface area contributed by atoms with Crippen molar-refractivity contribution < 1.29 is 50.6 Å². The molecular formula is C33H38F6N4O5. The molecule has 4 rings (SSSR count). The molecule has 2 saturated heterocycles. The Labute approximate surface area is 274 Å². The number of benzene rings is 2. The van der Waals surface area contributed by atoms with Crippen molar-refractivity contribution in [2.24, 2.45) is 0 Å². The number of hydrogen-bond donors (Lipinski definition) is 2. The van der Waals surface area contributed by atoms with Gasteiger partial charge >= 0.3 is 18.4 Å². The van der Waals surface area contributed by atoms with E-state index in [1.54, 1.807) is 43.0 Å². The Morgan fingerprint density at radius 2 is 1.69 bits per heavy atom. The van der Waals surface area contributed by atoms with Crippen molar-refractivity contribution in [2.45, 2.75) is 83.2 Å². The highest BCUT2D eigenvalue weighted by Crippen LogP contribution is 2.50. The van der Waals surface area contributed by atoms with E-state index in [1.165, 1.54) is 30.9 Å². The predicted octanol–water partition coefficient (Wildman–Crippen LogP) is 5.71. The van der Waals surface area contributed by atoms with Crippen molar-refractivity contribution in [2.75, 3.05) is 24.5 Å². The molecule has 2 aliphatic rings. The Morgan fingerprint density at radius 3 is 2.27 bits per heavy atom. The van der Waals surface area contributed by atoms with Gasteiger partial charge in [-0.05, 0) is 76.9 Å². The summed E-state index contributed by atoms with van der Waals surface area (Å²) in [5.41, 5.74) is -7.15. The molecule has 2 aliphatic heterocycles. The zero-order chi connectivity index (χ0) is 36.0. The van der Waals surface area contributed by atoms with Gasteiger partial charge in [-0.15, -0.1) is 0 Å². The fraction of sp³-hybridized carbons (Fsp3) is 0.485. The third-order valence-electron chi connectivity index (χ3n) is 8.58. The zero-order valence-corrected chi connectivity index (χ0v) is 27.2. The first-order valence-electron chi connectivity index (χ1n) is 15.3. The quantitative estimate of drug-likeness (QED) is 0.273. The molecule has 9 nitrogen and oxygen atoms in total. The molecule has 2 aromatic carbocycles. The average Bonchev–Trinajstić information content (AvgIpc) is 3.20. The number of rotatable bonds is 8. The topological polar surface area (TPSA) is 102 Å². The Hall–Kier alpha value is -4.27. The molecule has 15 heteroatoms. The first-order chi connectivity index (χ1) is 22.1. The molecule has 48 heavy (non-hydrogen) atoms. The van der Waals surface area contributed by atoms with Gasteiger partial charge in [0.05, 0.1) is 6.10 Å². The van der Waals surface area contributed by atoms with Gasteiger partial charge in [0.25, 0.3) is 11.5 Å². The summed E-state index contributed by atoms with van der Waals surface area (Å²) < 4.78 is 87.2. The van der Waals surface area contributed by atoms with Crippen molar-refractivity contribution in [1.82, 2.24) is 15.1 Å². The van der Waals surface area contributed by atoms with Crippen LogP contribution in [0.1, 0.15) is 58.2 Å². The summed E-state index contributed by atoms with van der Waals surface area (Å²) in [4.78, 5) is 44.1. The number of anilines is 1. The number of piperazine rings is 1. The van der Waals surface area contributed by atoms with Crippen LogP contribution in [0.25, 0.3) is 6.08 Å². The number of nitrogens with one attached hydrogen (secondary N) is 1. The molecule has 2 N–H and O–H groups in total. The number of imide groups is 1. The second kappa shape index (κ2) is 13.0. The van der Waals surface area contributed by atoms with Gasteiger partial charge in [-0.3, -0.25) is 14.5 Å². The second-order valence-electron chi connectivity index (χ2n) is 12.5. The third kappa shape index (κ3) is 6.56. The molecule has 0 aromatic heterocycles. The molecular weight excluding hydrogens is 646 g/mol. The SMILES string of the molecule is C/C=C\c1cc(C(O)(C(F)(F)F)C(F)(F)F)ccc1N1CC(C)N(C(=O)CN2C(=O)N[C@](C)(c3cccc(OC(C)C)c3)C2=O)CC1C. The Balaban J connectivity index is 1.54. The van der Waals surface area contributed by atoms with Gasteiger partial charge in [-0.2, -0.15) is 26.3 Å². The van der Waals surface area contributed by atoms with Crippen LogP contribution in [0.3, 0.4) is 0 Å². The van der Waals surface area contributed by atoms with Gasteiger partial charge in [-0.25, -0.2) is 4.79 Å². The van der Waals surface area contributed by atoms with E-state index in [2.05, 4.69) is 5.32 Å². The van der Waals surface area contributed by atoms with Crippen molar-refractivity contribution in [3.63, 3.8) is 0 Å². The Morgan fingerprint density at radius 1 is 1.04 bits per heavy atom. The maximum Gasteiger partial charge on any atom is 0.430 e. The summed E-state index contributed by atoms with van der Waals surface area (Å²) in [5.74, 6) is -0.650. The molecule has 0 saturated carbocycles. The normalized spacial score (nSPS) is 22.6. The number of carbonyl (C=O) groups is 3. The lowest BCUT2D eigenvalue weighted by Gasteiger charge is -2.46. The maximum atomic E-state index is 13.6. The van der Waals surface area contributed by atoms with E-state index < -0.39 is 65.5 Å². The number of allylic oxidation sites excluding steroid dienone is 1. The highest BCUT2D eigenvalue weighted by Gasteiger charge is 2.71. The minimum absolute atomic E-state index is 0.00207. The molecule has 0 radical (unpaired) electrons. The van der Waals surface area contributed by atoms with Gasteiger partial charge in [0, 0.05) is 36.4 Å². The van der Waals surface area contributed by atoms with Crippen LogP contribution in [-0.4, -0.2) is 82.9 Å². The highest BCUT2D eigenvalue weighted by atomic mass is 19.4. The third-order valence-corrected chi connectivity index (χ3v) is 8.58. The van der Waals surface area contributed by atoms with Gasteiger partial charge in [-0.1, -0.05) is 30.4 Å². The molecule has 0 spiro atoms. The fourth-order valence-corrected chi connectivity index (χ4v) is 6.07. The van der Waals surface area contributed by atoms with Crippen molar-refractivity contribution in [3.05, 3.63) is 65.2 Å².